The zero-order chi connectivity index (χ0) is 9.84. The lowest BCUT2D eigenvalue weighted by atomic mass is 10.0. The van der Waals surface area contributed by atoms with E-state index in [1.807, 2.05) is 0 Å². The van der Waals surface area contributed by atoms with E-state index in [-0.39, 0.29) is 5.78 Å². The number of carbonyl (C=O) groups is 2. The zero-order valence-electron chi connectivity index (χ0n) is 7.28. The summed E-state index contributed by atoms with van der Waals surface area (Å²) in [7, 11) is 0. The largest absolute Gasteiger partial charge is 0.298 e. The highest BCUT2D eigenvalue weighted by Crippen LogP contribution is 2.17. The van der Waals surface area contributed by atoms with Gasteiger partial charge in [-0.25, -0.2) is 0 Å². The molecule has 0 spiro atoms. The third-order valence-electron chi connectivity index (χ3n) is 1.82. The molecule has 0 radical (unpaired) electrons. The Morgan fingerprint density at radius 2 is 2.23 bits per heavy atom. The first kappa shape index (κ1) is 9.99. The molecule has 0 saturated heterocycles. The minimum atomic E-state index is -0.0296. The molecule has 0 heterocycles. The molecule has 0 fully saturated rings. The van der Waals surface area contributed by atoms with Crippen LogP contribution in [-0.4, -0.2) is 12.1 Å². The Kier molecular flexibility index (Phi) is 3.25. The van der Waals surface area contributed by atoms with Crippen LogP contribution in [0, 0.1) is 0 Å². The van der Waals surface area contributed by atoms with Crippen LogP contribution in [0.2, 0.25) is 0 Å². The summed E-state index contributed by atoms with van der Waals surface area (Å²) in [5, 5.41) is 0. The minimum absolute atomic E-state index is 0.0296. The molecule has 0 N–H and O–H groups in total. The van der Waals surface area contributed by atoms with Crippen molar-refractivity contribution >= 4 is 24.7 Å². The van der Waals surface area contributed by atoms with E-state index in [0.29, 0.717) is 28.7 Å². The number of benzene rings is 1. The number of rotatable bonds is 3. The van der Waals surface area contributed by atoms with Crippen molar-refractivity contribution in [1.82, 2.24) is 0 Å². The van der Waals surface area contributed by atoms with Gasteiger partial charge in [0, 0.05) is 22.4 Å². The normalized spacial score (nSPS) is 9.69. The van der Waals surface area contributed by atoms with Gasteiger partial charge in [-0.05, 0) is 6.07 Å². The first-order valence-corrected chi connectivity index (χ1v) is 4.45. The van der Waals surface area contributed by atoms with E-state index in [1.54, 1.807) is 25.1 Å². The average molecular weight is 194 g/mol. The fourth-order valence-corrected chi connectivity index (χ4v) is 1.37. The van der Waals surface area contributed by atoms with Gasteiger partial charge in [0.15, 0.2) is 12.1 Å². The van der Waals surface area contributed by atoms with E-state index in [0.717, 1.165) is 0 Å². The van der Waals surface area contributed by atoms with Gasteiger partial charge < -0.3 is 0 Å². The Hall–Kier alpha value is -1.09. The molecule has 1 rings (SSSR count). The third-order valence-corrected chi connectivity index (χ3v) is 2.21. The predicted octanol–water partition coefficient (Wildman–Crippen LogP) is 2.38. The monoisotopic (exact) mass is 194 g/mol. The molecule has 1 aromatic carbocycles. The summed E-state index contributed by atoms with van der Waals surface area (Å²) in [6.45, 7) is 1.77. The second kappa shape index (κ2) is 4.23. The highest BCUT2D eigenvalue weighted by molar-refractivity contribution is 7.80. The van der Waals surface area contributed by atoms with Crippen molar-refractivity contribution in [1.29, 1.82) is 0 Å². The molecule has 13 heavy (non-hydrogen) atoms. The SMILES string of the molecule is CCC(=O)c1cccc(S)c1C=O. The van der Waals surface area contributed by atoms with Gasteiger partial charge in [0.25, 0.3) is 0 Å². The summed E-state index contributed by atoms with van der Waals surface area (Å²) in [6, 6.07) is 5.06. The quantitative estimate of drug-likeness (QED) is 0.455. The molecule has 68 valence electrons. The molecule has 0 aliphatic heterocycles. The molecule has 0 saturated carbocycles. The maximum absolute atomic E-state index is 11.4. The van der Waals surface area contributed by atoms with Crippen molar-refractivity contribution in [2.45, 2.75) is 18.2 Å². The summed E-state index contributed by atoms with van der Waals surface area (Å²) in [6.07, 6.45) is 1.07. The van der Waals surface area contributed by atoms with Crippen LogP contribution >= 0.6 is 12.6 Å². The number of aldehydes is 1. The maximum atomic E-state index is 11.4. The third kappa shape index (κ3) is 1.98. The van der Waals surface area contributed by atoms with Gasteiger partial charge in [-0.2, -0.15) is 0 Å². The predicted molar refractivity (Wildman–Crippen MR) is 53.7 cm³/mol. The molecule has 0 atom stereocenters. The van der Waals surface area contributed by atoms with Gasteiger partial charge in [-0.15, -0.1) is 12.6 Å². The fourth-order valence-electron chi connectivity index (χ4n) is 1.11. The molecular formula is C10H10O2S. The smallest absolute Gasteiger partial charge is 0.163 e. The van der Waals surface area contributed by atoms with Crippen molar-refractivity contribution in [3.63, 3.8) is 0 Å². The molecule has 0 aliphatic rings. The van der Waals surface area contributed by atoms with Crippen molar-refractivity contribution in [2.75, 3.05) is 0 Å². The maximum Gasteiger partial charge on any atom is 0.163 e. The lowest BCUT2D eigenvalue weighted by Gasteiger charge is -2.03. The molecular weight excluding hydrogens is 184 g/mol. The highest BCUT2D eigenvalue weighted by Gasteiger charge is 2.10. The van der Waals surface area contributed by atoms with Crippen LogP contribution in [0.5, 0.6) is 0 Å². The van der Waals surface area contributed by atoms with Crippen molar-refractivity contribution in [2.24, 2.45) is 0 Å². The van der Waals surface area contributed by atoms with E-state index in [4.69, 9.17) is 0 Å². The lowest BCUT2D eigenvalue weighted by Crippen LogP contribution is -2.02. The Morgan fingerprint density at radius 3 is 2.77 bits per heavy atom. The Bertz CT molecular complexity index is 345. The second-order valence-electron chi connectivity index (χ2n) is 2.63. The van der Waals surface area contributed by atoms with E-state index < -0.39 is 0 Å². The summed E-state index contributed by atoms with van der Waals surface area (Å²) in [5.74, 6) is -0.0296. The van der Waals surface area contributed by atoms with Gasteiger partial charge >= 0.3 is 0 Å². The van der Waals surface area contributed by atoms with Gasteiger partial charge in [-0.1, -0.05) is 19.1 Å². The van der Waals surface area contributed by atoms with Crippen molar-refractivity contribution < 1.29 is 9.59 Å². The van der Waals surface area contributed by atoms with Crippen LogP contribution in [0.25, 0.3) is 0 Å². The second-order valence-corrected chi connectivity index (χ2v) is 3.11. The molecule has 2 nitrogen and oxygen atoms in total. The Morgan fingerprint density at radius 1 is 1.54 bits per heavy atom. The average Bonchev–Trinajstić information content (AvgIpc) is 2.16. The number of hydrogen-bond acceptors (Lipinski definition) is 3. The van der Waals surface area contributed by atoms with Crippen LogP contribution < -0.4 is 0 Å². The van der Waals surface area contributed by atoms with Crippen LogP contribution in [0.4, 0.5) is 0 Å². The Labute approximate surface area is 82.4 Å². The van der Waals surface area contributed by atoms with Gasteiger partial charge in [0.2, 0.25) is 0 Å². The van der Waals surface area contributed by atoms with Crippen LogP contribution in [-0.2, 0) is 0 Å². The van der Waals surface area contributed by atoms with E-state index in [1.165, 1.54) is 0 Å². The first-order chi connectivity index (χ1) is 6.20. The zero-order valence-corrected chi connectivity index (χ0v) is 8.17. The Balaban J connectivity index is 3.28. The van der Waals surface area contributed by atoms with E-state index in [2.05, 4.69) is 12.6 Å². The van der Waals surface area contributed by atoms with E-state index in [9.17, 15) is 9.59 Å². The van der Waals surface area contributed by atoms with Crippen LogP contribution in [0.15, 0.2) is 23.1 Å². The van der Waals surface area contributed by atoms with E-state index >= 15 is 0 Å². The number of Topliss-reactive ketones (excluding diaryl/α,β-unsaturated/α-hetero) is 1. The van der Waals surface area contributed by atoms with Crippen LogP contribution in [0.3, 0.4) is 0 Å². The fraction of sp³-hybridized carbons (Fsp3) is 0.200. The van der Waals surface area contributed by atoms with Gasteiger partial charge in [-0.3, -0.25) is 9.59 Å². The minimum Gasteiger partial charge on any atom is -0.298 e. The number of ketones is 1. The summed E-state index contributed by atoms with van der Waals surface area (Å²) in [5.41, 5.74) is 0.850. The summed E-state index contributed by atoms with van der Waals surface area (Å²) >= 11 is 4.10. The topological polar surface area (TPSA) is 34.1 Å². The van der Waals surface area contributed by atoms with Crippen molar-refractivity contribution in [3.8, 4) is 0 Å². The highest BCUT2D eigenvalue weighted by atomic mass is 32.1. The molecule has 0 unspecified atom stereocenters. The van der Waals surface area contributed by atoms with Crippen LogP contribution in [0.1, 0.15) is 34.1 Å². The number of hydrogen-bond donors (Lipinski definition) is 1. The summed E-state index contributed by atoms with van der Waals surface area (Å²) < 4.78 is 0. The number of thiol groups is 1. The van der Waals surface area contributed by atoms with Crippen molar-refractivity contribution in [3.05, 3.63) is 29.3 Å². The molecule has 0 aliphatic carbocycles. The number of carbonyl (C=O) groups excluding carboxylic acids is 2. The first-order valence-electron chi connectivity index (χ1n) is 4.01. The van der Waals surface area contributed by atoms with Gasteiger partial charge in [0.05, 0.1) is 0 Å². The molecule has 0 aromatic heterocycles. The summed E-state index contributed by atoms with van der Waals surface area (Å²) in [4.78, 5) is 22.6. The molecule has 3 heteroatoms. The lowest BCUT2D eigenvalue weighted by molar-refractivity contribution is 0.0981. The van der Waals surface area contributed by atoms with Gasteiger partial charge in [0.1, 0.15) is 0 Å². The standard InChI is InChI=1S/C10H10O2S/c1-2-9(12)7-4-3-5-10(13)8(7)6-11/h3-6,13H,2H2,1H3. The molecule has 1 aromatic rings. The molecule has 0 amide bonds. The molecule has 0 bridgehead atoms.